The lowest BCUT2D eigenvalue weighted by molar-refractivity contribution is -0.147. The molecule has 112 valence electrons. The Balaban J connectivity index is 2.24. The van der Waals surface area contributed by atoms with Gasteiger partial charge >= 0.3 is 5.97 Å². The molecule has 0 saturated carbocycles. The molecule has 0 aliphatic heterocycles. The maximum absolute atomic E-state index is 12.3. The van der Waals surface area contributed by atoms with Gasteiger partial charge in [0.05, 0.1) is 7.11 Å². The average Bonchev–Trinajstić information content (AvgIpc) is 2.90. The number of para-hydroxylation sites is 1. The van der Waals surface area contributed by atoms with Crippen molar-refractivity contribution in [3.63, 3.8) is 0 Å². The molecule has 0 aliphatic rings. The molecule has 5 heteroatoms. The molecule has 1 aromatic carbocycles. The first kappa shape index (κ1) is 15.1. The third kappa shape index (κ3) is 3.07. The number of ether oxygens (including phenoxy) is 1. The van der Waals surface area contributed by atoms with E-state index >= 15 is 0 Å². The second-order valence-electron chi connectivity index (χ2n) is 5.18. The van der Waals surface area contributed by atoms with Gasteiger partial charge in [-0.2, -0.15) is 0 Å². The predicted molar refractivity (Wildman–Crippen MR) is 79.0 cm³/mol. The van der Waals surface area contributed by atoms with Gasteiger partial charge in [-0.05, 0) is 25.5 Å². The van der Waals surface area contributed by atoms with Gasteiger partial charge in [0.2, 0.25) is 0 Å². The Morgan fingerprint density at radius 1 is 1.33 bits per heavy atom. The predicted octanol–water partition coefficient (Wildman–Crippen LogP) is 2.89. The third-order valence-corrected chi connectivity index (χ3v) is 3.42. The molecular formula is C16H19NO4. The Hall–Kier alpha value is -2.30. The summed E-state index contributed by atoms with van der Waals surface area (Å²) in [5, 5.41) is 3.56. The van der Waals surface area contributed by atoms with Crippen LogP contribution in [0.5, 0.6) is 0 Å². The molecule has 1 heterocycles. The number of hydrogen-bond acceptors (Lipinski definition) is 4. The number of carbonyl (C=O) groups excluding carboxylic acids is 2. The lowest BCUT2D eigenvalue weighted by atomic mass is 9.96. The van der Waals surface area contributed by atoms with Crippen molar-refractivity contribution in [1.29, 1.82) is 0 Å². The van der Waals surface area contributed by atoms with Crippen molar-refractivity contribution < 1.29 is 18.7 Å². The summed E-state index contributed by atoms with van der Waals surface area (Å²) in [4.78, 5) is 24.2. The van der Waals surface area contributed by atoms with Gasteiger partial charge in [0.25, 0.3) is 5.91 Å². The Bertz CT molecular complexity index is 628. The largest absolute Gasteiger partial charge is 0.467 e. The molecule has 2 rings (SSSR count). The highest BCUT2D eigenvalue weighted by atomic mass is 16.5. The van der Waals surface area contributed by atoms with E-state index in [1.165, 1.54) is 7.11 Å². The zero-order chi connectivity index (χ0) is 15.5. The van der Waals surface area contributed by atoms with Crippen molar-refractivity contribution in [1.82, 2.24) is 5.32 Å². The lowest BCUT2D eigenvalue weighted by Gasteiger charge is -2.26. The topological polar surface area (TPSA) is 68.5 Å². The number of benzene rings is 1. The zero-order valence-electron chi connectivity index (χ0n) is 12.4. The van der Waals surface area contributed by atoms with Crippen LogP contribution in [-0.2, 0) is 9.53 Å². The van der Waals surface area contributed by atoms with Gasteiger partial charge in [0, 0.05) is 5.39 Å². The van der Waals surface area contributed by atoms with Crippen LogP contribution in [0.25, 0.3) is 11.0 Å². The number of carbonyl (C=O) groups is 2. The summed E-state index contributed by atoms with van der Waals surface area (Å²) in [5.41, 5.74) is -0.419. The maximum Gasteiger partial charge on any atom is 0.331 e. The average molecular weight is 289 g/mol. The maximum atomic E-state index is 12.3. The third-order valence-electron chi connectivity index (χ3n) is 3.42. The van der Waals surface area contributed by atoms with Crippen LogP contribution in [0.1, 0.15) is 37.2 Å². The SMILES string of the molecule is CCCC(C)(NC(=O)c1cc2ccccc2o1)C(=O)OC. The molecule has 2 aromatic rings. The molecule has 0 bridgehead atoms. The Morgan fingerprint density at radius 2 is 2.05 bits per heavy atom. The standard InChI is InChI=1S/C16H19NO4/c1-4-9-16(2,15(19)20-3)17-14(18)13-10-11-7-5-6-8-12(11)21-13/h5-8,10H,4,9H2,1-3H3,(H,17,18). The van der Waals surface area contributed by atoms with Gasteiger partial charge < -0.3 is 14.5 Å². The molecule has 1 N–H and O–H groups in total. The smallest absolute Gasteiger partial charge is 0.331 e. The van der Waals surface area contributed by atoms with E-state index in [9.17, 15) is 9.59 Å². The lowest BCUT2D eigenvalue weighted by Crippen LogP contribution is -2.52. The number of nitrogens with one attached hydrogen (secondary N) is 1. The molecule has 1 aromatic heterocycles. The minimum atomic E-state index is -1.06. The molecule has 1 unspecified atom stereocenters. The van der Waals surface area contributed by atoms with E-state index in [2.05, 4.69) is 5.32 Å². The second kappa shape index (κ2) is 5.99. The second-order valence-corrected chi connectivity index (χ2v) is 5.18. The minimum Gasteiger partial charge on any atom is -0.467 e. The molecule has 0 saturated heterocycles. The van der Waals surface area contributed by atoms with Gasteiger partial charge in [-0.3, -0.25) is 4.79 Å². The van der Waals surface area contributed by atoms with Crippen LogP contribution in [0.4, 0.5) is 0 Å². The van der Waals surface area contributed by atoms with Crippen molar-refractivity contribution in [3.05, 3.63) is 36.1 Å². The fourth-order valence-electron chi connectivity index (χ4n) is 2.35. The quantitative estimate of drug-likeness (QED) is 0.859. The van der Waals surface area contributed by atoms with Gasteiger partial charge in [-0.1, -0.05) is 31.5 Å². The number of methoxy groups -OCH3 is 1. The van der Waals surface area contributed by atoms with Crippen molar-refractivity contribution in [2.45, 2.75) is 32.2 Å². The van der Waals surface area contributed by atoms with Crippen LogP contribution in [-0.4, -0.2) is 24.5 Å². The summed E-state index contributed by atoms with van der Waals surface area (Å²) in [6.45, 7) is 3.59. The summed E-state index contributed by atoms with van der Waals surface area (Å²) in [6.07, 6.45) is 1.23. The first-order chi connectivity index (χ1) is 10.00. The highest BCUT2D eigenvalue weighted by Crippen LogP contribution is 2.21. The van der Waals surface area contributed by atoms with Crippen LogP contribution >= 0.6 is 0 Å². The van der Waals surface area contributed by atoms with Crippen LogP contribution in [0.15, 0.2) is 34.7 Å². The fourth-order valence-corrected chi connectivity index (χ4v) is 2.35. The van der Waals surface area contributed by atoms with Crippen LogP contribution in [0, 0.1) is 0 Å². The molecule has 1 atom stereocenters. The molecule has 0 fully saturated rings. The van der Waals surface area contributed by atoms with Crippen molar-refractivity contribution in [2.24, 2.45) is 0 Å². The number of furan rings is 1. The molecule has 0 aliphatic carbocycles. The van der Waals surface area contributed by atoms with Crippen LogP contribution < -0.4 is 5.32 Å². The van der Waals surface area contributed by atoms with Crippen molar-refractivity contribution >= 4 is 22.8 Å². The van der Waals surface area contributed by atoms with E-state index in [1.807, 2.05) is 25.1 Å². The summed E-state index contributed by atoms with van der Waals surface area (Å²) < 4.78 is 10.3. The summed E-state index contributed by atoms with van der Waals surface area (Å²) in [6, 6.07) is 9.02. The number of fused-ring (bicyclic) bond motifs is 1. The van der Waals surface area contributed by atoms with E-state index in [0.29, 0.717) is 12.0 Å². The number of esters is 1. The summed E-state index contributed by atoms with van der Waals surface area (Å²) in [5.74, 6) is -0.705. The molecular weight excluding hydrogens is 270 g/mol. The molecule has 21 heavy (non-hydrogen) atoms. The molecule has 0 spiro atoms. The van der Waals surface area contributed by atoms with Gasteiger partial charge in [-0.15, -0.1) is 0 Å². The van der Waals surface area contributed by atoms with E-state index < -0.39 is 17.4 Å². The van der Waals surface area contributed by atoms with Crippen LogP contribution in [0.2, 0.25) is 0 Å². The van der Waals surface area contributed by atoms with E-state index in [-0.39, 0.29) is 5.76 Å². The minimum absolute atomic E-state index is 0.183. The normalized spacial score (nSPS) is 13.7. The molecule has 1 amide bonds. The molecule has 0 radical (unpaired) electrons. The molecule has 5 nitrogen and oxygen atoms in total. The fraction of sp³-hybridized carbons (Fsp3) is 0.375. The Labute approximate surface area is 123 Å². The Morgan fingerprint density at radius 3 is 2.67 bits per heavy atom. The highest BCUT2D eigenvalue weighted by Gasteiger charge is 2.36. The monoisotopic (exact) mass is 289 g/mol. The highest BCUT2D eigenvalue weighted by molar-refractivity contribution is 5.99. The zero-order valence-corrected chi connectivity index (χ0v) is 12.4. The van der Waals surface area contributed by atoms with E-state index in [4.69, 9.17) is 9.15 Å². The van der Waals surface area contributed by atoms with E-state index in [0.717, 1.165) is 11.8 Å². The van der Waals surface area contributed by atoms with E-state index in [1.54, 1.807) is 19.1 Å². The number of amides is 1. The summed E-state index contributed by atoms with van der Waals surface area (Å²) >= 11 is 0. The number of rotatable bonds is 5. The van der Waals surface area contributed by atoms with Crippen molar-refractivity contribution in [3.8, 4) is 0 Å². The van der Waals surface area contributed by atoms with Crippen molar-refractivity contribution in [2.75, 3.05) is 7.11 Å². The van der Waals surface area contributed by atoms with Gasteiger partial charge in [-0.25, -0.2) is 4.79 Å². The van der Waals surface area contributed by atoms with Gasteiger partial charge in [0.15, 0.2) is 5.76 Å². The first-order valence-corrected chi connectivity index (χ1v) is 6.89. The summed E-state index contributed by atoms with van der Waals surface area (Å²) in [7, 11) is 1.31. The number of hydrogen-bond donors (Lipinski definition) is 1. The van der Waals surface area contributed by atoms with Gasteiger partial charge in [0.1, 0.15) is 11.1 Å². The first-order valence-electron chi connectivity index (χ1n) is 6.89. The van der Waals surface area contributed by atoms with Crippen LogP contribution in [0.3, 0.4) is 0 Å². The Kier molecular flexibility index (Phi) is 4.31.